The van der Waals surface area contributed by atoms with Gasteiger partial charge in [0.25, 0.3) is 5.91 Å². The molecule has 12 nitrogen and oxygen atoms in total. The molecular formula is C36H43ClFN9O3. The number of rotatable bonds is 5. The second-order valence-electron chi connectivity index (χ2n) is 14.9. The molecule has 3 aromatic rings. The highest BCUT2D eigenvalue weighted by Gasteiger charge is 2.50. The number of ether oxygens (including phenoxy) is 2. The standard InChI is InChI=1S/C36H43ClFN9O3/c1-21-8-10-36(29-23(21)6-7-26(40)24(29)16-39)15-27-25(19-50-36)32(42-34(41-27)49-20-35-9-4-12-46(35)17-22(38)14-35)45-11-5-13-47-28(18-45)30(37)31(43-47)33(48)44(2)3/h6-7,21-22H,4-5,8-15,17-20,40H2,1-3H3/t21-,22+,35?,36-/m0/s1. The van der Waals surface area contributed by atoms with E-state index in [1.165, 1.54) is 4.90 Å². The topological polar surface area (TPSA) is 139 Å². The number of hydrogen-bond donors (Lipinski definition) is 1. The van der Waals surface area contributed by atoms with Crippen LogP contribution in [0.25, 0.3) is 0 Å². The van der Waals surface area contributed by atoms with Crippen molar-refractivity contribution in [3.8, 4) is 12.1 Å². The molecule has 4 atom stereocenters. The van der Waals surface area contributed by atoms with E-state index in [2.05, 4.69) is 27.9 Å². The maximum Gasteiger partial charge on any atom is 0.318 e. The number of alkyl halides is 1. The summed E-state index contributed by atoms with van der Waals surface area (Å²) in [7, 11) is 3.36. The number of hydrogen-bond acceptors (Lipinski definition) is 10. The molecule has 4 aliphatic heterocycles. The van der Waals surface area contributed by atoms with Gasteiger partial charge in [0.15, 0.2) is 5.69 Å². The predicted octanol–water partition coefficient (Wildman–Crippen LogP) is 4.71. The Kier molecular flexibility index (Phi) is 8.19. The van der Waals surface area contributed by atoms with Gasteiger partial charge in [-0.3, -0.25) is 14.4 Å². The monoisotopic (exact) mass is 703 g/mol. The van der Waals surface area contributed by atoms with Crippen LogP contribution in [0.3, 0.4) is 0 Å². The molecule has 50 heavy (non-hydrogen) atoms. The van der Waals surface area contributed by atoms with Crippen molar-refractivity contribution in [1.82, 2.24) is 29.5 Å². The zero-order valence-corrected chi connectivity index (χ0v) is 29.6. The van der Waals surface area contributed by atoms with E-state index in [0.29, 0.717) is 74.1 Å². The lowest BCUT2D eigenvalue weighted by molar-refractivity contribution is -0.0873. The zero-order valence-electron chi connectivity index (χ0n) is 28.8. The van der Waals surface area contributed by atoms with Gasteiger partial charge in [-0.05, 0) is 56.2 Å². The van der Waals surface area contributed by atoms with Crippen molar-refractivity contribution in [2.75, 3.05) is 51.0 Å². The van der Waals surface area contributed by atoms with E-state index in [1.54, 1.807) is 14.1 Å². The summed E-state index contributed by atoms with van der Waals surface area (Å²) in [6, 6.07) is 6.46. The smallest absolute Gasteiger partial charge is 0.318 e. The quantitative estimate of drug-likeness (QED) is 0.372. The first-order valence-corrected chi connectivity index (χ1v) is 18.0. The third kappa shape index (κ3) is 5.29. The third-order valence-electron chi connectivity index (χ3n) is 11.6. The zero-order chi connectivity index (χ0) is 34.9. The van der Waals surface area contributed by atoms with Crippen LogP contribution >= 0.6 is 11.6 Å². The molecule has 8 rings (SSSR count). The van der Waals surface area contributed by atoms with E-state index in [9.17, 15) is 14.4 Å². The van der Waals surface area contributed by atoms with Gasteiger partial charge in [-0.2, -0.15) is 20.3 Å². The van der Waals surface area contributed by atoms with Crippen LogP contribution in [-0.2, 0) is 36.5 Å². The molecule has 1 aromatic carbocycles. The minimum atomic E-state index is -0.873. The van der Waals surface area contributed by atoms with Crippen LogP contribution < -0.4 is 15.4 Å². The van der Waals surface area contributed by atoms with Crippen LogP contribution in [0, 0.1) is 11.3 Å². The Labute approximate surface area is 296 Å². The number of aromatic nitrogens is 4. The molecule has 264 valence electrons. The Morgan fingerprint density at radius 3 is 2.88 bits per heavy atom. The molecule has 0 radical (unpaired) electrons. The van der Waals surface area contributed by atoms with Crippen LogP contribution in [0.1, 0.15) is 95.5 Å². The van der Waals surface area contributed by atoms with E-state index in [-0.39, 0.29) is 35.7 Å². The van der Waals surface area contributed by atoms with Crippen LogP contribution in [-0.4, -0.2) is 87.5 Å². The van der Waals surface area contributed by atoms with Crippen molar-refractivity contribution in [2.24, 2.45) is 0 Å². The molecule has 2 fully saturated rings. The third-order valence-corrected chi connectivity index (χ3v) is 12.0. The average molecular weight is 704 g/mol. The Bertz CT molecular complexity index is 1910. The van der Waals surface area contributed by atoms with Gasteiger partial charge < -0.3 is 25.0 Å². The van der Waals surface area contributed by atoms with Gasteiger partial charge >= 0.3 is 6.01 Å². The fourth-order valence-corrected chi connectivity index (χ4v) is 9.29. The first-order valence-electron chi connectivity index (χ1n) is 17.6. The Morgan fingerprint density at radius 1 is 1.24 bits per heavy atom. The van der Waals surface area contributed by atoms with Crippen LogP contribution in [0.4, 0.5) is 15.9 Å². The molecule has 1 amide bonds. The highest BCUT2D eigenvalue weighted by molar-refractivity contribution is 6.34. The van der Waals surface area contributed by atoms with E-state index in [1.807, 2.05) is 16.8 Å². The fourth-order valence-electron chi connectivity index (χ4n) is 9.01. The fraction of sp³-hybridized carbons (Fsp3) is 0.583. The number of amides is 1. The number of nitrogens with zero attached hydrogens (tertiary/aromatic N) is 8. The predicted molar refractivity (Wildman–Crippen MR) is 185 cm³/mol. The van der Waals surface area contributed by atoms with Crippen molar-refractivity contribution in [2.45, 2.75) is 94.8 Å². The summed E-state index contributed by atoms with van der Waals surface area (Å²) in [6.07, 6.45) is 4.22. The number of nitriles is 1. The highest BCUT2D eigenvalue weighted by Crippen LogP contribution is 2.51. The minimum Gasteiger partial charge on any atom is -0.461 e. The summed E-state index contributed by atoms with van der Waals surface area (Å²) in [4.78, 5) is 28.8. The van der Waals surface area contributed by atoms with Crippen LogP contribution in [0.5, 0.6) is 6.01 Å². The largest absolute Gasteiger partial charge is 0.461 e. The molecule has 5 aliphatic rings. The summed E-state index contributed by atoms with van der Waals surface area (Å²) in [5, 5.41) is 15.2. The molecule has 1 unspecified atom stereocenters. The maximum absolute atomic E-state index is 14.7. The maximum atomic E-state index is 14.7. The molecule has 0 bridgehead atoms. The summed E-state index contributed by atoms with van der Waals surface area (Å²) >= 11 is 6.85. The molecule has 0 saturated carbocycles. The molecule has 1 aliphatic carbocycles. The van der Waals surface area contributed by atoms with Crippen molar-refractivity contribution >= 4 is 29.0 Å². The number of nitrogens with two attached hydrogens (primary N) is 1. The number of fused-ring (bicyclic) bond motifs is 5. The summed E-state index contributed by atoms with van der Waals surface area (Å²) in [6.45, 7) is 5.63. The highest BCUT2D eigenvalue weighted by atomic mass is 35.5. The molecular weight excluding hydrogens is 661 g/mol. The molecule has 2 aromatic heterocycles. The summed E-state index contributed by atoms with van der Waals surface area (Å²) in [5.41, 5.74) is 10.7. The second-order valence-corrected chi connectivity index (χ2v) is 15.3. The van der Waals surface area contributed by atoms with Gasteiger partial charge in [0.05, 0.1) is 40.7 Å². The lowest BCUT2D eigenvalue weighted by Crippen LogP contribution is -2.44. The number of halogens is 2. The minimum absolute atomic E-state index is 0.230. The van der Waals surface area contributed by atoms with Gasteiger partial charge in [0.1, 0.15) is 30.3 Å². The Balaban J connectivity index is 1.20. The number of carbonyl (C=O) groups is 1. The number of aryl methyl sites for hydroxylation is 1. The lowest BCUT2D eigenvalue weighted by atomic mass is 9.69. The number of nitrogen functional groups attached to an aromatic ring is 1. The van der Waals surface area contributed by atoms with E-state index < -0.39 is 11.8 Å². The normalized spacial score (nSPS) is 27.2. The van der Waals surface area contributed by atoms with E-state index in [0.717, 1.165) is 60.3 Å². The lowest BCUT2D eigenvalue weighted by Gasteiger charge is -2.45. The van der Waals surface area contributed by atoms with Crippen molar-refractivity contribution in [3.05, 3.63) is 56.5 Å². The second kappa shape index (κ2) is 12.4. The molecule has 14 heteroatoms. The van der Waals surface area contributed by atoms with E-state index in [4.69, 9.17) is 36.8 Å². The van der Waals surface area contributed by atoms with Crippen LogP contribution in [0.15, 0.2) is 12.1 Å². The number of benzene rings is 1. The number of carbonyl (C=O) groups excluding carboxylic acids is 1. The van der Waals surface area contributed by atoms with Crippen molar-refractivity contribution in [3.63, 3.8) is 0 Å². The van der Waals surface area contributed by atoms with Gasteiger partial charge in [-0.15, -0.1) is 0 Å². The van der Waals surface area contributed by atoms with E-state index >= 15 is 0 Å². The molecule has 1 spiro atoms. The Morgan fingerprint density at radius 2 is 2.08 bits per heavy atom. The summed E-state index contributed by atoms with van der Waals surface area (Å²) in [5.74, 6) is 0.681. The van der Waals surface area contributed by atoms with Gasteiger partial charge in [-0.25, -0.2) is 4.39 Å². The van der Waals surface area contributed by atoms with Gasteiger partial charge in [-0.1, -0.05) is 24.6 Å². The van der Waals surface area contributed by atoms with Gasteiger partial charge in [0, 0.05) is 63.4 Å². The van der Waals surface area contributed by atoms with Crippen molar-refractivity contribution < 1.29 is 18.7 Å². The first kappa shape index (κ1) is 33.2. The van der Waals surface area contributed by atoms with Gasteiger partial charge in [0.2, 0.25) is 0 Å². The average Bonchev–Trinajstić information content (AvgIpc) is 3.67. The van der Waals surface area contributed by atoms with Crippen LogP contribution in [0.2, 0.25) is 5.02 Å². The molecule has 2 N–H and O–H groups in total. The Hall–Kier alpha value is -3.99. The summed E-state index contributed by atoms with van der Waals surface area (Å²) < 4.78 is 29.8. The first-order chi connectivity index (χ1) is 24.0. The molecule has 2 saturated heterocycles. The van der Waals surface area contributed by atoms with Crippen molar-refractivity contribution in [1.29, 1.82) is 5.26 Å². The number of anilines is 2. The molecule has 6 heterocycles. The SMILES string of the molecule is C[C@H]1CC[C@]2(Cc3nc(OCC45CCCN4C[C@H](F)C5)nc(N4CCCn5nc(C(=O)N(C)C)c(Cl)c5C4)c3CO2)c2c1ccc(N)c2C#N.